The van der Waals surface area contributed by atoms with E-state index in [9.17, 15) is 0 Å². The Kier molecular flexibility index (Phi) is 6.17. The molecule has 0 bridgehead atoms. The zero-order chi connectivity index (χ0) is 17.8. The number of hydrogen-bond acceptors (Lipinski definition) is 7. The molecule has 1 aromatic heterocycles. The molecule has 144 valence electrons. The molecular formula is C19H31N5OS. The number of aromatic nitrogens is 2. The van der Waals surface area contributed by atoms with Gasteiger partial charge in [-0.05, 0) is 31.4 Å². The van der Waals surface area contributed by atoms with Gasteiger partial charge in [0.05, 0.1) is 13.2 Å². The molecule has 4 rings (SSSR count). The van der Waals surface area contributed by atoms with Crippen molar-refractivity contribution in [3.63, 3.8) is 0 Å². The van der Waals surface area contributed by atoms with Crippen LogP contribution in [-0.4, -0.2) is 73.0 Å². The van der Waals surface area contributed by atoms with Gasteiger partial charge in [-0.3, -0.25) is 0 Å². The minimum atomic E-state index is 0.668. The number of hydrogen-bond donors (Lipinski definition) is 1. The van der Waals surface area contributed by atoms with Crippen LogP contribution in [0.5, 0.6) is 0 Å². The van der Waals surface area contributed by atoms with E-state index in [1.807, 2.05) is 0 Å². The Bertz CT molecular complexity index is 581. The van der Waals surface area contributed by atoms with Crippen LogP contribution in [0.15, 0.2) is 6.07 Å². The molecule has 1 aromatic rings. The number of ether oxygens (including phenoxy) is 1. The fourth-order valence-corrected chi connectivity index (χ4v) is 5.16. The third kappa shape index (κ3) is 4.43. The maximum atomic E-state index is 5.47. The summed E-state index contributed by atoms with van der Waals surface area (Å²) in [5, 5.41) is 3.87. The van der Waals surface area contributed by atoms with Gasteiger partial charge in [0.25, 0.3) is 0 Å². The van der Waals surface area contributed by atoms with Crippen LogP contribution in [-0.2, 0) is 11.2 Å². The highest BCUT2D eigenvalue weighted by Crippen LogP contribution is 2.24. The lowest BCUT2D eigenvalue weighted by atomic mass is 10.0. The number of morpholine rings is 1. The Balaban J connectivity index is 1.40. The second-order valence-electron chi connectivity index (χ2n) is 7.46. The summed E-state index contributed by atoms with van der Waals surface area (Å²) < 4.78 is 5.47. The van der Waals surface area contributed by atoms with Crippen molar-refractivity contribution < 1.29 is 4.74 Å². The van der Waals surface area contributed by atoms with Gasteiger partial charge in [0, 0.05) is 55.8 Å². The smallest absolute Gasteiger partial charge is 0.227 e. The second kappa shape index (κ2) is 8.76. The average Bonchev–Trinajstić information content (AvgIpc) is 3.22. The predicted molar refractivity (Wildman–Crippen MR) is 109 cm³/mol. The third-order valence-electron chi connectivity index (χ3n) is 5.63. The number of thioether (sulfide) groups is 1. The van der Waals surface area contributed by atoms with Crippen LogP contribution in [0, 0.1) is 0 Å². The van der Waals surface area contributed by atoms with Crippen molar-refractivity contribution in [2.75, 3.05) is 60.7 Å². The number of aryl methyl sites for hydroxylation is 1. The molecule has 3 aliphatic heterocycles. The Hall–Kier alpha value is -1.05. The number of rotatable bonds is 5. The topological polar surface area (TPSA) is 53.5 Å². The van der Waals surface area contributed by atoms with Gasteiger partial charge in [0.2, 0.25) is 5.95 Å². The average molecular weight is 378 g/mol. The van der Waals surface area contributed by atoms with Crippen molar-refractivity contribution in [1.82, 2.24) is 15.3 Å². The standard InChI is InChI=1S/C19H31N5OS/c1-2-15-13-18(22-19(21-15)24-8-10-25-11-9-24)23-6-3-16(4-7-23)20-17-5-12-26-14-17/h13,16-17,20H,2-12,14H2,1H3/t17-/m1/s1. The van der Waals surface area contributed by atoms with Crippen LogP contribution >= 0.6 is 11.8 Å². The monoisotopic (exact) mass is 377 g/mol. The lowest BCUT2D eigenvalue weighted by molar-refractivity contribution is 0.122. The normalized spacial score (nSPS) is 25.0. The molecule has 3 aliphatic rings. The van der Waals surface area contributed by atoms with Crippen LogP contribution in [0.3, 0.4) is 0 Å². The molecule has 0 unspecified atom stereocenters. The summed E-state index contributed by atoms with van der Waals surface area (Å²) in [6.07, 6.45) is 4.70. The van der Waals surface area contributed by atoms with E-state index in [4.69, 9.17) is 14.7 Å². The van der Waals surface area contributed by atoms with Crippen molar-refractivity contribution in [3.05, 3.63) is 11.8 Å². The molecule has 6 nitrogen and oxygen atoms in total. The fraction of sp³-hybridized carbons (Fsp3) is 0.789. The van der Waals surface area contributed by atoms with Crippen LogP contribution in [0.2, 0.25) is 0 Å². The molecule has 1 N–H and O–H groups in total. The van der Waals surface area contributed by atoms with Gasteiger partial charge < -0.3 is 19.9 Å². The van der Waals surface area contributed by atoms with Crippen molar-refractivity contribution in [3.8, 4) is 0 Å². The van der Waals surface area contributed by atoms with E-state index in [1.165, 1.54) is 30.8 Å². The highest BCUT2D eigenvalue weighted by atomic mass is 32.2. The number of piperidine rings is 1. The lowest BCUT2D eigenvalue weighted by Gasteiger charge is -2.35. The van der Waals surface area contributed by atoms with Crippen LogP contribution in [0.25, 0.3) is 0 Å². The Morgan fingerprint density at radius 3 is 2.58 bits per heavy atom. The summed E-state index contributed by atoms with van der Waals surface area (Å²) in [6, 6.07) is 3.59. The number of nitrogens with one attached hydrogen (secondary N) is 1. The van der Waals surface area contributed by atoms with E-state index in [2.05, 4.69) is 39.9 Å². The maximum absolute atomic E-state index is 5.47. The Morgan fingerprint density at radius 1 is 1.08 bits per heavy atom. The van der Waals surface area contributed by atoms with Gasteiger partial charge in [-0.1, -0.05) is 6.92 Å². The highest BCUT2D eigenvalue weighted by molar-refractivity contribution is 7.99. The maximum Gasteiger partial charge on any atom is 0.227 e. The quantitative estimate of drug-likeness (QED) is 0.841. The van der Waals surface area contributed by atoms with Crippen LogP contribution in [0.4, 0.5) is 11.8 Å². The predicted octanol–water partition coefficient (Wildman–Crippen LogP) is 1.94. The van der Waals surface area contributed by atoms with Crippen LogP contribution < -0.4 is 15.1 Å². The Morgan fingerprint density at radius 2 is 1.88 bits per heavy atom. The number of anilines is 2. The summed E-state index contributed by atoms with van der Waals surface area (Å²) in [4.78, 5) is 14.4. The molecular weight excluding hydrogens is 346 g/mol. The molecule has 0 radical (unpaired) electrons. The van der Waals surface area contributed by atoms with E-state index in [-0.39, 0.29) is 0 Å². The first-order valence-corrected chi connectivity index (χ1v) is 11.3. The van der Waals surface area contributed by atoms with E-state index in [0.717, 1.165) is 69.3 Å². The number of nitrogens with zero attached hydrogens (tertiary/aromatic N) is 4. The van der Waals surface area contributed by atoms with Gasteiger partial charge in [-0.25, -0.2) is 4.98 Å². The minimum Gasteiger partial charge on any atom is -0.378 e. The van der Waals surface area contributed by atoms with E-state index >= 15 is 0 Å². The molecule has 3 fully saturated rings. The van der Waals surface area contributed by atoms with E-state index in [1.54, 1.807) is 0 Å². The first-order valence-electron chi connectivity index (χ1n) is 10.1. The summed E-state index contributed by atoms with van der Waals surface area (Å²) >= 11 is 2.08. The van der Waals surface area contributed by atoms with Crippen molar-refractivity contribution in [2.45, 2.75) is 44.7 Å². The molecule has 0 aromatic carbocycles. The summed E-state index contributed by atoms with van der Waals surface area (Å²) in [6.45, 7) is 7.65. The molecule has 0 amide bonds. The van der Waals surface area contributed by atoms with Gasteiger partial charge >= 0.3 is 0 Å². The fourth-order valence-electron chi connectivity index (χ4n) is 3.99. The SMILES string of the molecule is CCc1cc(N2CCC(N[C@@H]3CCSC3)CC2)nc(N2CCOCC2)n1. The Labute approximate surface area is 161 Å². The molecule has 3 saturated heterocycles. The van der Waals surface area contributed by atoms with Crippen molar-refractivity contribution in [1.29, 1.82) is 0 Å². The largest absolute Gasteiger partial charge is 0.378 e. The lowest BCUT2D eigenvalue weighted by Crippen LogP contribution is -2.46. The zero-order valence-corrected chi connectivity index (χ0v) is 16.6. The van der Waals surface area contributed by atoms with Gasteiger partial charge in [0.1, 0.15) is 5.82 Å². The van der Waals surface area contributed by atoms with Gasteiger partial charge in [0.15, 0.2) is 0 Å². The van der Waals surface area contributed by atoms with Crippen molar-refractivity contribution >= 4 is 23.5 Å². The van der Waals surface area contributed by atoms with Gasteiger partial charge in [-0.2, -0.15) is 16.7 Å². The molecule has 0 aliphatic carbocycles. The van der Waals surface area contributed by atoms with Crippen molar-refractivity contribution in [2.24, 2.45) is 0 Å². The highest BCUT2D eigenvalue weighted by Gasteiger charge is 2.25. The summed E-state index contributed by atoms with van der Waals surface area (Å²) in [7, 11) is 0. The van der Waals surface area contributed by atoms with Crippen LogP contribution in [0.1, 0.15) is 31.9 Å². The van der Waals surface area contributed by atoms with Gasteiger partial charge in [-0.15, -0.1) is 0 Å². The molecule has 0 saturated carbocycles. The molecule has 1 atom stereocenters. The third-order valence-corrected chi connectivity index (χ3v) is 6.79. The molecule has 7 heteroatoms. The molecule has 0 spiro atoms. The first-order chi connectivity index (χ1) is 12.8. The minimum absolute atomic E-state index is 0.668. The molecule has 26 heavy (non-hydrogen) atoms. The van der Waals surface area contributed by atoms with E-state index in [0.29, 0.717) is 6.04 Å². The first kappa shape index (κ1) is 18.3. The molecule has 4 heterocycles. The summed E-state index contributed by atoms with van der Waals surface area (Å²) in [5.41, 5.74) is 1.14. The van der Waals surface area contributed by atoms with E-state index < -0.39 is 0 Å². The second-order valence-corrected chi connectivity index (χ2v) is 8.61. The zero-order valence-electron chi connectivity index (χ0n) is 15.8. The summed E-state index contributed by atoms with van der Waals surface area (Å²) in [5.74, 6) is 4.59.